The molecular formula is C17H28N4O3. The van der Waals surface area contributed by atoms with Crippen molar-refractivity contribution in [2.75, 3.05) is 26.2 Å². The number of carbonyl (C=O) groups excluding carboxylic acids is 1. The maximum absolute atomic E-state index is 13.0. The molecule has 24 heavy (non-hydrogen) atoms. The Morgan fingerprint density at radius 2 is 2.21 bits per heavy atom. The van der Waals surface area contributed by atoms with Crippen LogP contribution in [0.2, 0.25) is 0 Å². The number of carbonyl (C=O) groups is 2. The van der Waals surface area contributed by atoms with Crippen LogP contribution in [0.15, 0.2) is 6.07 Å². The first-order chi connectivity index (χ1) is 11.4. The number of aromatic nitrogens is 2. The van der Waals surface area contributed by atoms with Gasteiger partial charge in [0.25, 0.3) is 5.91 Å². The van der Waals surface area contributed by atoms with Gasteiger partial charge in [-0.15, -0.1) is 0 Å². The van der Waals surface area contributed by atoms with Crippen molar-refractivity contribution in [3.63, 3.8) is 0 Å². The van der Waals surface area contributed by atoms with Crippen LogP contribution in [0.5, 0.6) is 0 Å². The molecular weight excluding hydrogens is 308 g/mol. The van der Waals surface area contributed by atoms with E-state index in [-0.39, 0.29) is 18.2 Å². The third-order valence-electron chi connectivity index (χ3n) is 4.19. The summed E-state index contributed by atoms with van der Waals surface area (Å²) in [6.45, 7) is 9.23. The Morgan fingerprint density at radius 3 is 2.83 bits per heavy atom. The van der Waals surface area contributed by atoms with E-state index in [1.54, 1.807) is 9.58 Å². The van der Waals surface area contributed by atoms with Gasteiger partial charge in [0.2, 0.25) is 0 Å². The summed E-state index contributed by atoms with van der Waals surface area (Å²) in [5.41, 5.74) is 1.54. The van der Waals surface area contributed by atoms with Gasteiger partial charge in [-0.3, -0.25) is 14.3 Å². The Labute approximate surface area is 143 Å². The highest BCUT2D eigenvalue weighted by atomic mass is 16.4. The monoisotopic (exact) mass is 336 g/mol. The minimum Gasteiger partial charge on any atom is -0.481 e. The first kappa shape index (κ1) is 18.4. The smallest absolute Gasteiger partial charge is 0.303 e. The number of amides is 1. The van der Waals surface area contributed by atoms with Gasteiger partial charge in [0.1, 0.15) is 5.69 Å². The lowest BCUT2D eigenvalue weighted by atomic mass is 10.1. The lowest BCUT2D eigenvalue weighted by molar-refractivity contribution is -0.138. The maximum Gasteiger partial charge on any atom is 0.303 e. The van der Waals surface area contributed by atoms with E-state index in [9.17, 15) is 9.59 Å². The third kappa shape index (κ3) is 4.80. The van der Waals surface area contributed by atoms with Crippen LogP contribution >= 0.6 is 0 Å². The molecule has 2 N–H and O–H groups in total. The second-order valence-corrected chi connectivity index (χ2v) is 6.85. The van der Waals surface area contributed by atoms with E-state index < -0.39 is 5.97 Å². The highest BCUT2D eigenvalue weighted by Gasteiger charge is 2.26. The van der Waals surface area contributed by atoms with Gasteiger partial charge in [-0.2, -0.15) is 5.10 Å². The van der Waals surface area contributed by atoms with Crippen molar-refractivity contribution in [3.8, 4) is 0 Å². The number of nitrogens with one attached hydrogen (secondary N) is 1. The summed E-state index contributed by atoms with van der Waals surface area (Å²) in [6, 6.07) is 1.89. The SMILES string of the molecule is CCn1nc(CC(C)C)cc1C(=O)N1CCNC[C@@H](CC(=O)O)C1. The molecule has 1 fully saturated rings. The van der Waals surface area contributed by atoms with Gasteiger partial charge in [0.05, 0.1) is 12.1 Å². The average molecular weight is 336 g/mol. The standard InChI is InChI=1S/C17H28N4O3/c1-4-21-15(9-14(19-21)7-12(2)3)17(24)20-6-5-18-10-13(11-20)8-16(22)23/h9,12-13,18H,4-8,10-11H2,1-3H3,(H,22,23)/t13-/m1/s1. The second kappa shape index (κ2) is 8.28. The summed E-state index contributed by atoms with van der Waals surface area (Å²) in [5, 5.41) is 16.8. The van der Waals surface area contributed by atoms with E-state index in [0.717, 1.165) is 12.1 Å². The van der Waals surface area contributed by atoms with Crippen LogP contribution in [0.25, 0.3) is 0 Å². The Kier molecular flexibility index (Phi) is 6.36. The van der Waals surface area contributed by atoms with Gasteiger partial charge >= 0.3 is 5.97 Å². The van der Waals surface area contributed by atoms with Crippen molar-refractivity contribution < 1.29 is 14.7 Å². The lowest BCUT2D eigenvalue weighted by Crippen LogP contribution is -2.37. The predicted molar refractivity (Wildman–Crippen MR) is 91.0 cm³/mol. The van der Waals surface area contributed by atoms with Crippen LogP contribution in [0.4, 0.5) is 0 Å². The number of hydrogen-bond acceptors (Lipinski definition) is 4. The molecule has 0 bridgehead atoms. The van der Waals surface area contributed by atoms with E-state index >= 15 is 0 Å². The van der Waals surface area contributed by atoms with E-state index in [2.05, 4.69) is 24.3 Å². The van der Waals surface area contributed by atoms with Crippen molar-refractivity contribution in [1.29, 1.82) is 0 Å². The Hall–Kier alpha value is -1.89. The van der Waals surface area contributed by atoms with Gasteiger partial charge < -0.3 is 15.3 Å². The highest BCUT2D eigenvalue weighted by molar-refractivity contribution is 5.92. The normalized spacial score (nSPS) is 18.7. The fourth-order valence-corrected chi connectivity index (χ4v) is 3.12. The molecule has 2 heterocycles. The third-order valence-corrected chi connectivity index (χ3v) is 4.19. The summed E-state index contributed by atoms with van der Waals surface area (Å²) in [5.74, 6) is -0.468. The predicted octanol–water partition coefficient (Wildman–Crippen LogP) is 1.24. The molecule has 1 aromatic rings. The molecule has 0 aromatic carbocycles. The number of carboxylic acid groups (broad SMARTS) is 1. The molecule has 0 spiro atoms. The number of aliphatic carboxylic acids is 1. The van der Waals surface area contributed by atoms with Crippen molar-refractivity contribution in [2.45, 2.75) is 40.2 Å². The topological polar surface area (TPSA) is 87.5 Å². The molecule has 0 aliphatic carbocycles. The average Bonchev–Trinajstić information content (AvgIpc) is 2.75. The molecule has 1 amide bonds. The van der Waals surface area contributed by atoms with Crippen molar-refractivity contribution >= 4 is 11.9 Å². The minimum absolute atomic E-state index is 0.0570. The van der Waals surface area contributed by atoms with E-state index in [0.29, 0.717) is 44.3 Å². The number of nitrogens with zero attached hydrogens (tertiary/aromatic N) is 3. The number of carboxylic acids is 1. The lowest BCUT2D eigenvalue weighted by Gasteiger charge is -2.23. The molecule has 2 rings (SSSR count). The molecule has 1 aliphatic heterocycles. The summed E-state index contributed by atoms with van der Waals surface area (Å²) < 4.78 is 1.75. The number of aryl methyl sites for hydroxylation is 1. The molecule has 1 aromatic heterocycles. The van der Waals surface area contributed by atoms with Crippen molar-refractivity contribution in [3.05, 3.63) is 17.5 Å². The molecule has 0 radical (unpaired) electrons. The summed E-state index contributed by atoms with van der Waals surface area (Å²) in [4.78, 5) is 25.7. The van der Waals surface area contributed by atoms with Crippen LogP contribution in [0.1, 0.15) is 43.4 Å². The van der Waals surface area contributed by atoms with Crippen LogP contribution in [-0.2, 0) is 17.8 Å². The number of hydrogen-bond donors (Lipinski definition) is 2. The zero-order valence-corrected chi connectivity index (χ0v) is 14.8. The van der Waals surface area contributed by atoms with Crippen LogP contribution in [0, 0.1) is 11.8 Å². The molecule has 7 heteroatoms. The summed E-state index contributed by atoms with van der Waals surface area (Å²) >= 11 is 0. The van der Waals surface area contributed by atoms with Gasteiger partial charge in [-0.1, -0.05) is 13.8 Å². The van der Waals surface area contributed by atoms with E-state index in [1.807, 2.05) is 13.0 Å². The minimum atomic E-state index is -0.825. The molecule has 134 valence electrons. The molecule has 7 nitrogen and oxygen atoms in total. The molecule has 0 saturated carbocycles. The van der Waals surface area contributed by atoms with Gasteiger partial charge in [-0.25, -0.2) is 0 Å². The first-order valence-corrected chi connectivity index (χ1v) is 8.69. The zero-order chi connectivity index (χ0) is 17.7. The summed E-state index contributed by atoms with van der Waals surface area (Å²) in [7, 11) is 0. The zero-order valence-electron chi connectivity index (χ0n) is 14.8. The van der Waals surface area contributed by atoms with E-state index in [4.69, 9.17) is 5.11 Å². The Balaban J connectivity index is 2.16. The Morgan fingerprint density at radius 1 is 1.46 bits per heavy atom. The fourth-order valence-electron chi connectivity index (χ4n) is 3.12. The van der Waals surface area contributed by atoms with Crippen molar-refractivity contribution in [1.82, 2.24) is 20.0 Å². The van der Waals surface area contributed by atoms with Crippen LogP contribution < -0.4 is 5.32 Å². The first-order valence-electron chi connectivity index (χ1n) is 8.69. The van der Waals surface area contributed by atoms with E-state index in [1.165, 1.54) is 0 Å². The van der Waals surface area contributed by atoms with Crippen LogP contribution in [0.3, 0.4) is 0 Å². The molecule has 0 unspecified atom stereocenters. The van der Waals surface area contributed by atoms with Gasteiger partial charge in [0, 0.05) is 32.7 Å². The second-order valence-electron chi connectivity index (χ2n) is 6.85. The molecule has 1 saturated heterocycles. The largest absolute Gasteiger partial charge is 0.481 e. The Bertz CT molecular complexity index is 582. The van der Waals surface area contributed by atoms with Crippen molar-refractivity contribution in [2.24, 2.45) is 11.8 Å². The fraction of sp³-hybridized carbons (Fsp3) is 0.706. The van der Waals surface area contributed by atoms with Crippen LogP contribution in [-0.4, -0.2) is 57.8 Å². The van der Waals surface area contributed by atoms with Gasteiger partial charge in [-0.05, 0) is 31.2 Å². The van der Waals surface area contributed by atoms with Gasteiger partial charge in [0.15, 0.2) is 0 Å². The number of rotatable bonds is 6. The summed E-state index contributed by atoms with van der Waals surface area (Å²) in [6.07, 6.45) is 0.916. The maximum atomic E-state index is 13.0. The highest BCUT2D eigenvalue weighted by Crippen LogP contribution is 2.15. The quantitative estimate of drug-likeness (QED) is 0.816. The molecule has 1 aliphatic rings. The molecule has 1 atom stereocenters.